The van der Waals surface area contributed by atoms with Gasteiger partial charge in [0.1, 0.15) is 17.5 Å². The first-order chi connectivity index (χ1) is 14.0. The molecule has 0 spiro atoms. The molecule has 0 saturated carbocycles. The Kier molecular flexibility index (Phi) is 6.96. The van der Waals surface area contributed by atoms with Crippen molar-refractivity contribution in [3.63, 3.8) is 0 Å². The Bertz CT molecular complexity index is 1040. The SMILES string of the molecule is C=CC(=O)Oc1c(C#N)nn(-c2c(Cl)cc(OC(F)(F)F)cc2Cl)c1N=CN(C)C. The summed E-state index contributed by atoms with van der Waals surface area (Å²) in [5.41, 5.74) is -0.463. The predicted octanol–water partition coefficient (Wildman–Crippen LogP) is 4.26. The number of rotatable bonds is 6. The Hall–Kier alpha value is -3.23. The highest BCUT2D eigenvalue weighted by Crippen LogP contribution is 2.40. The molecule has 0 aliphatic carbocycles. The molecule has 1 heterocycles. The van der Waals surface area contributed by atoms with Crippen molar-refractivity contribution < 1.29 is 27.4 Å². The molecule has 0 radical (unpaired) electrons. The van der Waals surface area contributed by atoms with Crippen LogP contribution in [0.4, 0.5) is 19.0 Å². The molecule has 0 unspecified atom stereocenters. The summed E-state index contributed by atoms with van der Waals surface area (Å²) in [6.07, 6.45) is -2.79. The topological polar surface area (TPSA) is 92.7 Å². The van der Waals surface area contributed by atoms with Crippen molar-refractivity contribution in [3.05, 3.63) is 40.5 Å². The van der Waals surface area contributed by atoms with E-state index in [0.717, 1.165) is 22.9 Å². The third-order valence-electron chi connectivity index (χ3n) is 3.14. The number of hydrogen-bond acceptors (Lipinski definition) is 6. The van der Waals surface area contributed by atoms with Crippen LogP contribution in [0.15, 0.2) is 29.8 Å². The summed E-state index contributed by atoms with van der Waals surface area (Å²) in [5.74, 6) is -2.03. The zero-order valence-electron chi connectivity index (χ0n) is 15.4. The molecule has 1 aromatic carbocycles. The number of hydrogen-bond donors (Lipinski definition) is 0. The quantitative estimate of drug-likeness (QED) is 0.276. The number of carbonyl (C=O) groups is 1. The molecule has 2 aromatic rings. The first-order valence-electron chi connectivity index (χ1n) is 7.80. The third-order valence-corrected chi connectivity index (χ3v) is 3.72. The third kappa shape index (κ3) is 5.43. The van der Waals surface area contributed by atoms with Gasteiger partial charge in [0.05, 0.1) is 16.4 Å². The average molecular weight is 462 g/mol. The normalized spacial score (nSPS) is 11.3. The van der Waals surface area contributed by atoms with Crippen molar-refractivity contribution >= 4 is 41.3 Å². The van der Waals surface area contributed by atoms with E-state index in [9.17, 15) is 23.2 Å². The number of nitrogens with zero attached hydrogens (tertiary/aromatic N) is 5. The monoisotopic (exact) mass is 461 g/mol. The highest BCUT2D eigenvalue weighted by atomic mass is 35.5. The molecule has 0 saturated heterocycles. The minimum atomic E-state index is -4.96. The lowest BCUT2D eigenvalue weighted by atomic mass is 10.3. The van der Waals surface area contributed by atoms with Gasteiger partial charge in [0.15, 0.2) is 0 Å². The second kappa shape index (κ2) is 9.06. The lowest BCUT2D eigenvalue weighted by Crippen LogP contribution is -2.17. The van der Waals surface area contributed by atoms with Crippen LogP contribution in [0.25, 0.3) is 5.69 Å². The fraction of sp³-hybridized carbons (Fsp3) is 0.176. The van der Waals surface area contributed by atoms with Crippen molar-refractivity contribution in [1.82, 2.24) is 14.7 Å². The van der Waals surface area contributed by atoms with Crippen molar-refractivity contribution in [2.24, 2.45) is 4.99 Å². The smallest absolute Gasteiger partial charge is 0.416 e. The summed E-state index contributed by atoms with van der Waals surface area (Å²) in [6.45, 7) is 3.27. The summed E-state index contributed by atoms with van der Waals surface area (Å²) < 4.78 is 47.3. The van der Waals surface area contributed by atoms with Gasteiger partial charge in [-0.05, 0) is 0 Å². The van der Waals surface area contributed by atoms with E-state index < -0.39 is 18.1 Å². The number of aromatic nitrogens is 2. The molecule has 0 fully saturated rings. The van der Waals surface area contributed by atoms with Crippen LogP contribution < -0.4 is 9.47 Å². The van der Waals surface area contributed by atoms with Crippen LogP contribution in [0, 0.1) is 11.3 Å². The van der Waals surface area contributed by atoms with Gasteiger partial charge in [-0.2, -0.15) is 10.4 Å². The highest BCUT2D eigenvalue weighted by Gasteiger charge is 2.32. The number of ether oxygens (including phenoxy) is 2. The summed E-state index contributed by atoms with van der Waals surface area (Å²) in [7, 11) is 3.29. The second-order valence-corrected chi connectivity index (χ2v) is 6.46. The van der Waals surface area contributed by atoms with Crippen molar-refractivity contribution in [1.29, 1.82) is 5.26 Å². The molecule has 0 aliphatic rings. The number of benzene rings is 1. The van der Waals surface area contributed by atoms with Gasteiger partial charge in [-0.25, -0.2) is 14.5 Å². The number of esters is 1. The molecule has 0 bridgehead atoms. The molecule has 0 atom stereocenters. The molecular formula is C17H12Cl2F3N5O3. The van der Waals surface area contributed by atoms with E-state index in [4.69, 9.17) is 27.9 Å². The fourth-order valence-corrected chi connectivity index (χ4v) is 2.71. The Balaban J connectivity index is 2.73. The predicted molar refractivity (Wildman–Crippen MR) is 103 cm³/mol. The molecule has 13 heteroatoms. The van der Waals surface area contributed by atoms with Crippen LogP contribution >= 0.6 is 23.2 Å². The van der Waals surface area contributed by atoms with Crippen LogP contribution in [-0.4, -0.2) is 47.4 Å². The van der Waals surface area contributed by atoms with Gasteiger partial charge in [0.25, 0.3) is 0 Å². The average Bonchev–Trinajstić information content (AvgIpc) is 2.94. The van der Waals surface area contributed by atoms with Gasteiger partial charge in [-0.15, -0.1) is 13.2 Å². The molecule has 0 amide bonds. The number of halogens is 5. The maximum atomic E-state index is 12.5. The lowest BCUT2D eigenvalue weighted by Gasteiger charge is -2.13. The number of nitriles is 1. The first kappa shape index (κ1) is 23.1. The zero-order valence-corrected chi connectivity index (χ0v) is 16.9. The van der Waals surface area contributed by atoms with Crippen LogP contribution in [0.5, 0.6) is 11.5 Å². The molecule has 0 aliphatic heterocycles. The highest BCUT2D eigenvalue weighted by molar-refractivity contribution is 6.38. The Morgan fingerprint density at radius 1 is 1.37 bits per heavy atom. The summed E-state index contributed by atoms with van der Waals surface area (Å²) in [5, 5.41) is 12.7. The van der Waals surface area contributed by atoms with Crippen LogP contribution in [0.1, 0.15) is 5.69 Å². The van der Waals surface area contributed by atoms with Crippen molar-refractivity contribution in [2.75, 3.05) is 14.1 Å². The van der Waals surface area contributed by atoms with Gasteiger partial charge in [-0.3, -0.25) is 0 Å². The maximum Gasteiger partial charge on any atom is 0.573 e. The van der Waals surface area contributed by atoms with E-state index in [1.54, 1.807) is 20.2 Å². The first-order valence-corrected chi connectivity index (χ1v) is 8.55. The molecule has 158 valence electrons. The summed E-state index contributed by atoms with van der Waals surface area (Å²) in [6, 6.07) is 3.45. The lowest BCUT2D eigenvalue weighted by molar-refractivity contribution is -0.274. The van der Waals surface area contributed by atoms with E-state index >= 15 is 0 Å². The Labute approximate surface area is 178 Å². The van der Waals surface area contributed by atoms with Crippen LogP contribution in [0.3, 0.4) is 0 Å². The standard InChI is InChI=1S/C17H12Cl2F3N5O3/c1-4-13(28)29-15-12(7-23)25-27(16(15)24-8-26(2)3)14-10(18)5-9(6-11(14)19)30-17(20,21)22/h4-6,8H,1H2,2-3H3. The number of aliphatic imine (C=N–C) groups is 1. The largest absolute Gasteiger partial charge is 0.573 e. The van der Waals surface area contributed by atoms with E-state index in [2.05, 4.69) is 21.4 Å². The van der Waals surface area contributed by atoms with Crippen LogP contribution in [-0.2, 0) is 4.79 Å². The van der Waals surface area contributed by atoms with Gasteiger partial charge in [-0.1, -0.05) is 29.8 Å². The van der Waals surface area contributed by atoms with E-state index in [0.29, 0.717) is 0 Å². The molecule has 30 heavy (non-hydrogen) atoms. The molecule has 8 nitrogen and oxygen atoms in total. The Morgan fingerprint density at radius 3 is 2.43 bits per heavy atom. The molecule has 2 rings (SSSR count). The minimum Gasteiger partial charge on any atom is -0.416 e. The van der Waals surface area contributed by atoms with Gasteiger partial charge >= 0.3 is 12.3 Å². The van der Waals surface area contributed by atoms with Crippen molar-refractivity contribution in [3.8, 4) is 23.3 Å². The Morgan fingerprint density at radius 2 is 1.97 bits per heavy atom. The molecule has 1 aromatic heterocycles. The fourth-order valence-electron chi connectivity index (χ4n) is 2.08. The maximum absolute atomic E-state index is 12.5. The van der Waals surface area contributed by atoms with Gasteiger partial charge in [0.2, 0.25) is 17.3 Å². The molecular weight excluding hydrogens is 450 g/mol. The van der Waals surface area contributed by atoms with Gasteiger partial charge in [0, 0.05) is 32.3 Å². The van der Waals surface area contributed by atoms with E-state index in [1.165, 1.54) is 11.2 Å². The second-order valence-electron chi connectivity index (χ2n) is 5.64. The van der Waals surface area contributed by atoms with Gasteiger partial charge < -0.3 is 14.4 Å². The van der Waals surface area contributed by atoms with E-state index in [-0.39, 0.29) is 33.0 Å². The number of carbonyl (C=O) groups excluding carboxylic acids is 1. The summed E-state index contributed by atoms with van der Waals surface area (Å²) >= 11 is 12.2. The zero-order chi connectivity index (χ0) is 22.6. The molecule has 0 N–H and O–H groups in total. The number of alkyl halides is 3. The van der Waals surface area contributed by atoms with E-state index in [1.807, 2.05) is 0 Å². The minimum absolute atomic E-state index is 0.115. The van der Waals surface area contributed by atoms with Crippen molar-refractivity contribution in [2.45, 2.75) is 6.36 Å². The summed E-state index contributed by atoms with van der Waals surface area (Å²) in [4.78, 5) is 17.3. The van der Waals surface area contributed by atoms with Crippen LogP contribution in [0.2, 0.25) is 10.0 Å².